The zero-order valence-electron chi connectivity index (χ0n) is 9.56. The fourth-order valence-corrected chi connectivity index (χ4v) is 2.66. The Morgan fingerprint density at radius 3 is 2.94 bits per heavy atom. The number of hydrogen-bond acceptors (Lipinski definition) is 1. The third-order valence-electron chi connectivity index (χ3n) is 2.99. The van der Waals surface area contributed by atoms with Crippen molar-refractivity contribution < 1.29 is 0 Å². The number of aromatic nitrogens is 2. The second kappa shape index (κ2) is 5.48. The number of para-hydroxylation sites is 1. The summed E-state index contributed by atoms with van der Waals surface area (Å²) in [5, 5.41) is 6.76. The highest BCUT2D eigenvalue weighted by atomic mass is 79.9. The van der Waals surface area contributed by atoms with Gasteiger partial charge in [0.15, 0.2) is 0 Å². The highest BCUT2D eigenvalue weighted by Crippen LogP contribution is 2.15. The highest BCUT2D eigenvalue weighted by Gasteiger charge is 2.04. The zero-order chi connectivity index (χ0) is 11.4. The molecule has 0 saturated heterocycles. The van der Waals surface area contributed by atoms with Crippen LogP contribution in [0.4, 0.5) is 0 Å². The van der Waals surface area contributed by atoms with E-state index in [4.69, 9.17) is 0 Å². The molecule has 3 heteroatoms. The highest BCUT2D eigenvalue weighted by molar-refractivity contribution is 9.09. The van der Waals surface area contributed by atoms with Gasteiger partial charge < -0.3 is 0 Å². The van der Waals surface area contributed by atoms with Crippen LogP contribution in [0.25, 0.3) is 10.9 Å². The van der Waals surface area contributed by atoms with Crippen LogP contribution in [0.1, 0.15) is 19.8 Å². The van der Waals surface area contributed by atoms with Gasteiger partial charge in [0.2, 0.25) is 0 Å². The summed E-state index contributed by atoms with van der Waals surface area (Å²) in [4.78, 5) is 0. The van der Waals surface area contributed by atoms with Gasteiger partial charge in [-0.3, -0.25) is 4.68 Å². The first-order chi connectivity index (χ1) is 7.81. The lowest BCUT2D eigenvalue weighted by Gasteiger charge is -2.09. The fourth-order valence-electron chi connectivity index (χ4n) is 1.88. The van der Waals surface area contributed by atoms with Gasteiger partial charge in [0.25, 0.3) is 0 Å². The lowest BCUT2D eigenvalue weighted by molar-refractivity contribution is 0.458. The van der Waals surface area contributed by atoms with Crippen molar-refractivity contribution in [2.24, 2.45) is 5.92 Å². The van der Waals surface area contributed by atoms with E-state index >= 15 is 0 Å². The zero-order valence-corrected chi connectivity index (χ0v) is 11.2. The molecule has 1 aromatic carbocycles. The quantitative estimate of drug-likeness (QED) is 0.761. The van der Waals surface area contributed by atoms with Gasteiger partial charge in [-0.05, 0) is 24.8 Å². The van der Waals surface area contributed by atoms with Crippen molar-refractivity contribution in [3.8, 4) is 0 Å². The third-order valence-corrected chi connectivity index (χ3v) is 3.44. The van der Waals surface area contributed by atoms with E-state index in [-0.39, 0.29) is 0 Å². The second-order valence-corrected chi connectivity index (χ2v) is 5.09. The van der Waals surface area contributed by atoms with Crippen LogP contribution in [-0.4, -0.2) is 15.1 Å². The Morgan fingerprint density at radius 2 is 2.12 bits per heavy atom. The monoisotopic (exact) mass is 280 g/mol. The lowest BCUT2D eigenvalue weighted by Crippen LogP contribution is -2.05. The van der Waals surface area contributed by atoms with Gasteiger partial charge >= 0.3 is 0 Å². The van der Waals surface area contributed by atoms with Crippen molar-refractivity contribution in [1.29, 1.82) is 0 Å². The normalized spacial score (nSPS) is 13.1. The molecule has 2 rings (SSSR count). The summed E-state index contributed by atoms with van der Waals surface area (Å²) in [6.07, 6.45) is 4.38. The molecule has 0 spiro atoms. The molecule has 1 unspecified atom stereocenters. The van der Waals surface area contributed by atoms with Gasteiger partial charge in [-0.1, -0.05) is 41.1 Å². The van der Waals surface area contributed by atoms with Crippen molar-refractivity contribution >= 4 is 26.8 Å². The van der Waals surface area contributed by atoms with E-state index in [1.807, 2.05) is 6.20 Å². The smallest absolute Gasteiger partial charge is 0.0682 e. The van der Waals surface area contributed by atoms with Gasteiger partial charge in [-0.2, -0.15) is 5.10 Å². The molecule has 0 aliphatic rings. The summed E-state index contributed by atoms with van der Waals surface area (Å²) in [6.45, 7) is 3.31. The Morgan fingerprint density at radius 1 is 1.31 bits per heavy atom. The largest absolute Gasteiger partial charge is 0.265 e. The molecule has 2 nitrogen and oxygen atoms in total. The van der Waals surface area contributed by atoms with E-state index in [9.17, 15) is 0 Å². The van der Waals surface area contributed by atoms with Crippen LogP contribution in [0.15, 0.2) is 30.5 Å². The molecule has 1 aromatic heterocycles. The van der Waals surface area contributed by atoms with Crippen LogP contribution < -0.4 is 0 Å². The first-order valence-electron chi connectivity index (χ1n) is 5.78. The minimum absolute atomic E-state index is 0.752. The molecule has 0 N–H and O–H groups in total. The molecule has 2 aromatic rings. The van der Waals surface area contributed by atoms with E-state index in [1.165, 1.54) is 23.7 Å². The van der Waals surface area contributed by atoms with E-state index in [0.717, 1.165) is 17.8 Å². The van der Waals surface area contributed by atoms with Gasteiger partial charge in [0.1, 0.15) is 0 Å². The molecular weight excluding hydrogens is 264 g/mol. The fraction of sp³-hybridized carbons (Fsp3) is 0.462. The van der Waals surface area contributed by atoms with E-state index < -0.39 is 0 Å². The predicted octanol–water partition coefficient (Wildman–Crippen LogP) is 3.85. The number of nitrogens with zero attached hydrogens (tertiary/aromatic N) is 2. The minimum Gasteiger partial charge on any atom is -0.265 e. The maximum Gasteiger partial charge on any atom is 0.0682 e. The van der Waals surface area contributed by atoms with Crippen LogP contribution in [0.3, 0.4) is 0 Å². The summed E-state index contributed by atoms with van der Waals surface area (Å²) in [7, 11) is 0. The molecule has 1 atom stereocenters. The second-order valence-electron chi connectivity index (χ2n) is 4.30. The van der Waals surface area contributed by atoms with E-state index in [0.29, 0.717) is 0 Å². The molecule has 0 radical (unpaired) electrons. The van der Waals surface area contributed by atoms with Gasteiger partial charge in [0.05, 0.1) is 11.7 Å². The Balaban J connectivity index is 2.04. The summed E-state index contributed by atoms with van der Waals surface area (Å²) < 4.78 is 2.11. The molecule has 86 valence electrons. The third kappa shape index (κ3) is 2.64. The topological polar surface area (TPSA) is 17.8 Å². The van der Waals surface area contributed by atoms with Gasteiger partial charge in [0, 0.05) is 17.3 Å². The molecule has 0 aliphatic carbocycles. The Hall–Kier alpha value is -0.830. The molecule has 0 fully saturated rings. The van der Waals surface area contributed by atoms with E-state index in [2.05, 4.69) is 56.9 Å². The van der Waals surface area contributed by atoms with Crippen molar-refractivity contribution in [3.63, 3.8) is 0 Å². The first kappa shape index (κ1) is 11.6. The average Bonchev–Trinajstić information content (AvgIpc) is 2.70. The summed E-state index contributed by atoms with van der Waals surface area (Å²) in [6, 6.07) is 8.38. The van der Waals surface area contributed by atoms with Crippen molar-refractivity contribution in [3.05, 3.63) is 30.5 Å². The Kier molecular flexibility index (Phi) is 3.99. The summed E-state index contributed by atoms with van der Waals surface area (Å²) in [5.41, 5.74) is 1.24. The molecule has 0 aliphatic heterocycles. The van der Waals surface area contributed by atoms with Gasteiger partial charge in [-0.25, -0.2) is 0 Å². The first-order valence-corrected chi connectivity index (χ1v) is 6.90. The Labute approximate surface area is 105 Å². The SMILES string of the molecule is CC(CCBr)CCn1ncc2ccccc21. The van der Waals surface area contributed by atoms with Crippen LogP contribution >= 0.6 is 15.9 Å². The average molecular weight is 281 g/mol. The van der Waals surface area contributed by atoms with Crippen LogP contribution in [0.2, 0.25) is 0 Å². The minimum atomic E-state index is 0.752. The summed E-state index contributed by atoms with van der Waals surface area (Å²) in [5.74, 6) is 0.752. The molecule has 0 amide bonds. The van der Waals surface area contributed by atoms with Crippen molar-refractivity contribution in [2.75, 3.05) is 5.33 Å². The maximum atomic E-state index is 4.43. The number of alkyl halides is 1. The number of aryl methyl sites for hydroxylation is 1. The number of halogens is 1. The molecule has 0 saturated carbocycles. The van der Waals surface area contributed by atoms with Crippen LogP contribution in [-0.2, 0) is 6.54 Å². The standard InChI is InChI=1S/C13H17BrN2/c1-11(6-8-14)7-9-16-13-5-3-2-4-12(13)10-15-16/h2-5,10-11H,6-9H2,1H3. The predicted molar refractivity (Wildman–Crippen MR) is 71.9 cm³/mol. The van der Waals surface area contributed by atoms with Crippen LogP contribution in [0.5, 0.6) is 0 Å². The molecule has 0 bridgehead atoms. The number of hydrogen-bond donors (Lipinski definition) is 0. The summed E-state index contributed by atoms with van der Waals surface area (Å²) >= 11 is 3.49. The molecule has 16 heavy (non-hydrogen) atoms. The van der Waals surface area contributed by atoms with Crippen molar-refractivity contribution in [2.45, 2.75) is 26.3 Å². The van der Waals surface area contributed by atoms with E-state index in [1.54, 1.807) is 0 Å². The molecule has 1 heterocycles. The lowest BCUT2D eigenvalue weighted by atomic mass is 10.1. The number of rotatable bonds is 5. The molecular formula is C13H17BrN2. The van der Waals surface area contributed by atoms with Crippen LogP contribution in [0, 0.1) is 5.92 Å². The van der Waals surface area contributed by atoms with Crippen molar-refractivity contribution in [1.82, 2.24) is 9.78 Å². The number of fused-ring (bicyclic) bond motifs is 1. The Bertz CT molecular complexity index is 450. The van der Waals surface area contributed by atoms with Gasteiger partial charge in [-0.15, -0.1) is 0 Å². The maximum absolute atomic E-state index is 4.43. The number of benzene rings is 1.